The maximum absolute atomic E-state index is 9.63. The Kier molecular flexibility index (Phi) is 6.35. The first-order chi connectivity index (χ1) is 10.1. The highest BCUT2D eigenvalue weighted by Crippen LogP contribution is 2.40. The summed E-state index contributed by atoms with van der Waals surface area (Å²) >= 11 is 0. The van der Waals surface area contributed by atoms with Crippen molar-refractivity contribution in [2.75, 3.05) is 6.61 Å². The van der Waals surface area contributed by atoms with Crippen LogP contribution in [0.15, 0.2) is 24.0 Å². The first-order valence-corrected chi connectivity index (χ1v) is 8.73. The lowest BCUT2D eigenvalue weighted by Crippen LogP contribution is -2.28. The Hall–Kier alpha value is -0.760. The van der Waals surface area contributed by atoms with Crippen molar-refractivity contribution in [2.45, 2.75) is 71.3 Å². The lowest BCUT2D eigenvalue weighted by atomic mass is 9.71. The summed E-state index contributed by atoms with van der Waals surface area (Å²) in [6.07, 6.45) is 11.8. The molecule has 0 aliphatic heterocycles. The fourth-order valence-corrected chi connectivity index (χ4v) is 4.06. The molecule has 2 heteroatoms. The molecule has 2 saturated carbocycles. The molecule has 2 aliphatic rings. The summed E-state index contributed by atoms with van der Waals surface area (Å²) in [7, 11) is 0. The highest BCUT2D eigenvalue weighted by molar-refractivity contribution is 5.19. The Morgan fingerprint density at radius 2 is 1.57 bits per heavy atom. The Labute approximate surface area is 130 Å². The Bertz CT molecular complexity index is 356. The molecule has 0 amide bonds. The summed E-state index contributed by atoms with van der Waals surface area (Å²) in [5.74, 6) is 3.44. The molecule has 2 rings (SSSR count). The Balaban J connectivity index is 1.70. The molecule has 0 heterocycles. The number of hydrogen-bond donors (Lipinski definition) is 1. The average Bonchev–Trinajstić information content (AvgIpc) is 2.49. The van der Waals surface area contributed by atoms with Gasteiger partial charge in [-0.1, -0.05) is 6.58 Å². The molecule has 2 fully saturated rings. The summed E-state index contributed by atoms with van der Waals surface area (Å²) in [5.41, 5.74) is 1.02. The van der Waals surface area contributed by atoms with Crippen LogP contribution in [0.1, 0.15) is 65.2 Å². The standard InChI is InChI=1S/C19H32O2/c1-4-19(14(2)3)21-13-15-5-7-16(8-6-15)17-9-11-18(20)12-10-17/h4,15-18,20H,2,5-13H2,1,3H3/b19-4+. The predicted octanol–water partition coefficient (Wildman–Crippen LogP) is 4.84. The van der Waals surface area contributed by atoms with E-state index in [0.717, 1.165) is 42.6 Å². The first kappa shape index (κ1) is 16.6. The zero-order chi connectivity index (χ0) is 15.2. The van der Waals surface area contributed by atoms with Gasteiger partial charge in [0.15, 0.2) is 0 Å². The van der Waals surface area contributed by atoms with Gasteiger partial charge in [-0.3, -0.25) is 0 Å². The summed E-state index contributed by atoms with van der Waals surface area (Å²) in [6.45, 7) is 8.82. The van der Waals surface area contributed by atoms with Gasteiger partial charge >= 0.3 is 0 Å². The van der Waals surface area contributed by atoms with Crippen LogP contribution in [0.4, 0.5) is 0 Å². The molecular formula is C19H32O2. The highest BCUT2D eigenvalue weighted by atomic mass is 16.5. The van der Waals surface area contributed by atoms with E-state index in [0.29, 0.717) is 5.92 Å². The molecule has 0 spiro atoms. The number of rotatable bonds is 5. The molecule has 0 aromatic rings. The van der Waals surface area contributed by atoms with E-state index in [-0.39, 0.29) is 6.10 Å². The van der Waals surface area contributed by atoms with Crippen LogP contribution < -0.4 is 0 Å². The van der Waals surface area contributed by atoms with Gasteiger partial charge < -0.3 is 9.84 Å². The van der Waals surface area contributed by atoms with Crippen molar-refractivity contribution in [3.8, 4) is 0 Å². The van der Waals surface area contributed by atoms with Gasteiger partial charge in [0.25, 0.3) is 0 Å². The maximum atomic E-state index is 9.63. The molecular weight excluding hydrogens is 260 g/mol. The molecule has 0 saturated heterocycles. The van der Waals surface area contributed by atoms with Crippen LogP contribution in [0.5, 0.6) is 0 Å². The van der Waals surface area contributed by atoms with Gasteiger partial charge in [-0.05, 0) is 94.6 Å². The van der Waals surface area contributed by atoms with Crippen LogP contribution >= 0.6 is 0 Å². The van der Waals surface area contributed by atoms with E-state index < -0.39 is 0 Å². The summed E-state index contributed by atoms with van der Waals surface area (Å²) in [4.78, 5) is 0. The van der Waals surface area contributed by atoms with Crippen molar-refractivity contribution in [3.63, 3.8) is 0 Å². The van der Waals surface area contributed by atoms with Gasteiger partial charge in [0.05, 0.1) is 12.7 Å². The molecule has 1 N–H and O–H groups in total. The van der Waals surface area contributed by atoms with Crippen molar-refractivity contribution in [3.05, 3.63) is 24.0 Å². The third-order valence-corrected chi connectivity index (χ3v) is 5.46. The minimum Gasteiger partial charge on any atom is -0.493 e. The second-order valence-corrected chi connectivity index (χ2v) is 7.09. The third-order valence-electron chi connectivity index (χ3n) is 5.46. The highest BCUT2D eigenvalue weighted by Gasteiger charge is 2.30. The smallest absolute Gasteiger partial charge is 0.117 e. The lowest BCUT2D eigenvalue weighted by molar-refractivity contribution is 0.0673. The first-order valence-electron chi connectivity index (χ1n) is 8.73. The van der Waals surface area contributed by atoms with E-state index >= 15 is 0 Å². The number of allylic oxidation sites excluding steroid dienone is 2. The molecule has 0 bridgehead atoms. The van der Waals surface area contributed by atoms with Crippen LogP contribution in [0.2, 0.25) is 0 Å². The van der Waals surface area contributed by atoms with Crippen molar-refractivity contribution >= 4 is 0 Å². The number of ether oxygens (including phenoxy) is 1. The lowest BCUT2D eigenvalue weighted by Gasteiger charge is -2.36. The van der Waals surface area contributed by atoms with Crippen LogP contribution in [0, 0.1) is 17.8 Å². The third kappa shape index (κ3) is 4.88. The summed E-state index contributed by atoms with van der Waals surface area (Å²) < 4.78 is 5.92. The summed E-state index contributed by atoms with van der Waals surface area (Å²) in [5, 5.41) is 9.63. The fourth-order valence-electron chi connectivity index (χ4n) is 4.06. The second kappa shape index (κ2) is 8.03. The van der Waals surface area contributed by atoms with Gasteiger partial charge in [-0.15, -0.1) is 0 Å². The fraction of sp³-hybridized carbons (Fsp3) is 0.789. The van der Waals surface area contributed by atoms with Gasteiger partial charge in [-0.25, -0.2) is 0 Å². The van der Waals surface area contributed by atoms with E-state index in [2.05, 4.69) is 6.58 Å². The molecule has 2 aliphatic carbocycles. The Morgan fingerprint density at radius 3 is 2.05 bits per heavy atom. The van der Waals surface area contributed by atoms with Gasteiger partial charge in [-0.2, -0.15) is 0 Å². The number of aliphatic hydroxyl groups is 1. The number of hydrogen-bond acceptors (Lipinski definition) is 2. The Morgan fingerprint density at radius 1 is 1.05 bits per heavy atom. The van der Waals surface area contributed by atoms with Gasteiger partial charge in [0, 0.05) is 0 Å². The predicted molar refractivity (Wildman–Crippen MR) is 87.9 cm³/mol. The average molecular weight is 292 g/mol. The SMILES string of the molecule is C=C(C)/C(=C\C)OCC1CCC(C2CCC(O)CC2)CC1. The largest absolute Gasteiger partial charge is 0.493 e. The minimum absolute atomic E-state index is 0.0209. The van der Waals surface area contributed by atoms with E-state index in [4.69, 9.17) is 4.74 Å². The topological polar surface area (TPSA) is 29.5 Å². The van der Waals surface area contributed by atoms with E-state index in [1.807, 2.05) is 19.9 Å². The van der Waals surface area contributed by atoms with Crippen molar-refractivity contribution in [1.82, 2.24) is 0 Å². The molecule has 21 heavy (non-hydrogen) atoms. The quantitative estimate of drug-likeness (QED) is 0.580. The van der Waals surface area contributed by atoms with Crippen LogP contribution in [-0.4, -0.2) is 17.8 Å². The molecule has 0 radical (unpaired) electrons. The molecule has 120 valence electrons. The maximum Gasteiger partial charge on any atom is 0.117 e. The number of aliphatic hydroxyl groups excluding tert-OH is 1. The van der Waals surface area contributed by atoms with Crippen LogP contribution in [0.25, 0.3) is 0 Å². The minimum atomic E-state index is -0.0209. The molecule has 0 atom stereocenters. The van der Waals surface area contributed by atoms with E-state index in [1.54, 1.807) is 0 Å². The van der Waals surface area contributed by atoms with Gasteiger partial charge in [0.1, 0.15) is 5.76 Å². The monoisotopic (exact) mass is 292 g/mol. The zero-order valence-electron chi connectivity index (χ0n) is 13.8. The van der Waals surface area contributed by atoms with E-state index in [1.165, 1.54) is 38.5 Å². The van der Waals surface area contributed by atoms with Crippen molar-refractivity contribution in [1.29, 1.82) is 0 Å². The van der Waals surface area contributed by atoms with E-state index in [9.17, 15) is 5.11 Å². The summed E-state index contributed by atoms with van der Waals surface area (Å²) in [6, 6.07) is 0. The molecule has 0 aromatic carbocycles. The molecule has 0 aromatic heterocycles. The second-order valence-electron chi connectivity index (χ2n) is 7.09. The molecule has 2 nitrogen and oxygen atoms in total. The van der Waals surface area contributed by atoms with Gasteiger partial charge in [0.2, 0.25) is 0 Å². The van der Waals surface area contributed by atoms with Crippen molar-refractivity contribution < 1.29 is 9.84 Å². The van der Waals surface area contributed by atoms with Crippen LogP contribution in [-0.2, 0) is 4.74 Å². The van der Waals surface area contributed by atoms with Crippen LogP contribution in [0.3, 0.4) is 0 Å². The molecule has 0 unspecified atom stereocenters. The van der Waals surface area contributed by atoms with Crippen molar-refractivity contribution in [2.24, 2.45) is 17.8 Å². The normalized spacial score (nSPS) is 34.5. The zero-order valence-corrected chi connectivity index (χ0v) is 13.8.